The molecule has 1 fully saturated rings. The van der Waals surface area contributed by atoms with E-state index in [0.29, 0.717) is 12.3 Å². The van der Waals surface area contributed by atoms with Gasteiger partial charge < -0.3 is 4.74 Å². The highest BCUT2D eigenvalue weighted by Gasteiger charge is 2.19. The van der Waals surface area contributed by atoms with Crippen molar-refractivity contribution in [2.24, 2.45) is 5.92 Å². The molecule has 1 atom stereocenters. The molecule has 2 heteroatoms. The zero-order valence-corrected chi connectivity index (χ0v) is 12.0. The minimum Gasteiger partial charge on any atom is -0.462 e. The second-order valence-corrected chi connectivity index (χ2v) is 3.98. The molecule has 1 aliphatic rings. The molecular weight excluding hydrogens is 200 g/mol. The summed E-state index contributed by atoms with van der Waals surface area (Å²) in [5, 5.41) is 0. The summed E-state index contributed by atoms with van der Waals surface area (Å²) in [4.78, 5) is 10.9. The molecular formula is C14H30O2. The predicted molar refractivity (Wildman–Crippen MR) is 70.5 cm³/mol. The normalized spacial score (nSPS) is 18.9. The number of hydrogen-bond acceptors (Lipinski definition) is 2. The Kier molecular flexibility index (Phi) is 14.0. The first kappa shape index (κ1) is 17.9. The van der Waals surface area contributed by atoms with Gasteiger partial charge in [-0.15, -0.1) is 0 Å². The molecule has 0 aromatic rings. The van der Waals surface area contributed by atoms with Crippen LogP contribution in [0.25, 0.3) is 0 Å². The molecule has 0 N–H and O–H groups in total. The van der Waals surface area contributed by atoms with Crippen LogP contribution in [0.2, 0.25) is 0 Å². The maximum atomic E-state index is 10.9. The van der Waals surface area contributed by atoms with Crippen molar-refractivity contribution in [3.05, 3.63) is 0 Å². The van der Waals surface area contributed by atoms with Crippen molar-refractivity contribution in [2.75, 3.05) is 0 Å². The average molecular weight is 230 g/mol. The molecule has 1 rings (SSSR count). The first-order valence-corrected chi connectivity index (χ1v) is 6.88. The second-order valence-electron chi connectivity index (χ2n) is 3.98. The topological polar surface area (TPSA) is 26.3 Å². The van der Waals surface area contributed by atoms with Gasteiger partial charge in [-0.1, -0.05) is 41.5 Å². The molecule has 0 aromatic heterocycles. The highest BCUT2D eigenvalue weighted by Crippen LogP contribution is 2.19. The van der Waals surface area contributed by atoms with Crippen molar-refractivity contribution in [1.29, 1.82) is 0 Å². The van der Waals surface area contributed by atoms with Gasteiger partial charge in [0.2, 0.25) is 0 Å². The Morgan fingerprint density at radius 3 is 2.25 bits per heavy atom. The number of rotatable bonds is 3. The SMILES string of the molecule is CC.CC.CC(C)CC[C@H]1CCCC(=O)O1. The Morgan fingerprint density at radius 1 is 1.25 bits per heavy atom. The Balaban J connectivity index is 0. The fourth-order valence-corrected chi connectivity index (χ4v) is 1.50. The second kappa shape index (κ2) is 12.5. The van der Waals surface area contributed by atoms with Gasteiger partial charge in [0.25, 0.3) is 0 Å². The highest BCUT2D eigenvalue weighted by molar-refractivity contribution is 5.70. The van der Waals surface area contributed by atoms with Gasteiger partial charge in [-0.3, -0.25) is 4.79 Å². The summed E-state index contributed by atoms with van der Waals surface area (Å²) < 4.78 is 5.20. The van der Waals surface area contributed by atoms with Gasteiger partial charge >= 0.3 is 5.97 Å². The van der Waals surface area contributed by atoms with Gasteiger partial charge in [-0.2, -0.15) is 0 Å². The van der Waals surface area contributed by atoms with Crippen LogP contribution >= 0.6 is 0 Å². The smallest absolute Gasteiger partial charge is 0.306 e. The lowest BCUT2D eigenvalue weighted by Gasteiger charge is -2.22. The van der Waals surface area contributed by atoms with Crippen molar-refractivity contribution in [1.82, 2.24) is 0 Å². The number of hydrogen-bond donors (Lipinski definition) is 0. The summed E-state index contributed by atoms with van der Waals surface area (Å²) in [5.41, 5.74) is 0. The molecule has 1 heterocycles. The monoisotopic (exact) mass is 230 g/mol. The quantitative estimate of drug-likeness (QED) is 0.664. The Labute approximate surface area is 102 Å². The molecule has 1 saturated heterocycles. The summed E-state index contributed by atoms with van der Waals surface area (Å²) in [6, 6.07) is 0. The summed E-state index contributed by atoms with van der Waals surface area (Å²) in [5.74, 6) is 0.709. The molecule has 16 heavy (non-hydrogen) atoms. The van der Waals surface area contributed by atoms with Crippen LogP contribution in [0.3, 0.4) is 0 Å². The molecule has 98 valence electrons. The minimum absolute atomic E-state index is 0.00462. The fraction of sp³-hybridized carbons (Fsp3) is 0.929. The van der Waals surface area contributed by atoms with Gasteiger partial charge in [0.05, 0.1) is 0 Å². The van der Waals surface area contributed by atoms with Gasteiger partial charge in [0.15, 0.2) is 0 Å². The van der Waals surface area contributed by atoms with Crippen LogP contribution in [0.5, 0.6) is 0 Å². The van der Waals surface area contributed by atoms with E-state index in [-0.39, 0.29) is 12.1 Å². The van der Waals surface area contributed by atoms with E-state index in [1.807, 2.05) is 27.7 Å². The number of esters is 1. The molecule has 0 radical (unpaired) electrons. The lowest BCUT2D eigenvalue weighted by atomic mass is 10.00. The summed E-state index contributed by atoms with van der Waals surface area (Å²) in [6.45, 7) is 12.4. The molecule has 0 unspecified atom stereocenters. The number of carbonyl (C=O) groups excluding carboxylic acids is 1. The standard InChI is InChI=1S/C10H18O2.2C2H6/c1-8(2)6-7-9-4-3-5-10(11)12-9;2*1-2/h8-9H,3-7H2,1-2H3;2*1-2H3/t9-;;/m1../s1. The van der Waals surface area contributed by atoms with Gasteiger partial charge in [0.1, 0.15) is 6.10 Å². The van der Waals surface area contributed by atoms with Crippen LogP contribution in [-0.4, -0.2) is 12.1 Å². The Bertz CT molecular complexity index is 153. The van der Waals surface area contributed by atoms with Crippen LogP contribution in [0.15, 0.2) is 0 Å². The Morgan fingerprint density at radius 2 is 1.81 bits per heavy atom. The predicted octanol–water partition coefficient (Wildman–Crippen LogP) is 4.57. The average Bonchev–Trinajstić information content (AvgIpc) is 2.32. The zero-order chi connectivity index (χ0) is 13.0. The summed E-state index contributed by atoms with van der Waals surface area (Å²) >= 11 is 0. The van der Waals surface area contributed by atoms with E-state index in [1.54, 1.807) is 0 Å². The lowest BCUT2D eigenvalue weighted by molar-refractivity contribution is -0.154. The first-order chi connectivity index (χ1) is 7.68. The van der Waals surface area contributed by atoms with Crippen LogP contribution < -0.4 is 0 Å². The minimum atomic E-state index is -0.00462. The van der Waals surface area contributed by atoms with Gasteiger partial charge in [-0.05, 0) is 31.6 Å². The highest BCUT2D eigenvalue weighted by atomic mass is 16.5. The third-order valence-electron chi connectivity index (χ3n) is 2.27. The molecule has 2 nitrogen and oxygen atoms in total. The molecule has 0 aromatic carbocycles. The van der Waals surface area contributed by atoms with Crippen molar-refractivity contribution in [3.8, 4) is 0 Å². The summed E-state index contributed by atoms with van der Waals surface area (Å²) in [6.07, 6.45) is 5.13. The van der Waals surface area contributed by atoms with E-state index < -0.39 is 0 Å². The maximum absolute atomic E-state index is 10.9. The molecule has 0 bridgehead atoms. The third-order valence-corrected chi connectivity index (χ3v) is 2.27. The first-order valence-electron chi connectivity index (χ1n) is 6.88. The van der Waals surface area contributed by atoms with Gasteiger partial charge in [0, 0.05) is 6.42 Å². The molecule has 0 aliphatic carbocycles. The van der Waals surface area contributed by atoms with Gasteiger partial charge in [-0.25, -0.2) is 0 Å². The molecule has 0 saturated carbocycles. The molecule has 0 amide bonds. The number of cyclic esters (lactones) is 1. The van der Waals surface area contributed by atoms with Crippen molar-refractivity contribution < 1.29 is 9.53 Å². The number of carbonyl (C=O) groups is 1. The van der Waals surface area contributed by atoms with Crippen LogP contribution in [-0.2, 0) is 9.53 Å². The zero-order valence-electron chi connectivity index (χ0n) is 12.0. The van der Waals surface area contributed by atoms with E-state index >= 15 is 0 Å². The number of ether oxygens (including phenoxy) is 1. The van der Waals surface area contributed by atoms with E-state index in [0.717, 1.165) is 25.7 Å². The van der Waals surface area contributed by atoms with E-state index in [9.17, 15) is 4.79 Å². The third kappa shape index (κ3) is 10.0. The van der Waals surface area contributed by atoms with E-state index in [2.05, 4.69) is 13.8 Å². The maximum Gasteiger partial charge on any atom is 0.306 e. The van der Waals surface area contributed by atoms with Crippen molar-refractivity contribution >= 4 is 5.97 Å². The van der Waals surface area contributed by atoms with Crippen LogP contribution in [0.4, 0.5) is 0 Å². The molecule has 1 aliphatic heterocycles. The van der Waals surface area contributed by atoms with Crippen molar-refractivity contribution in [2.45, 2.75) is 79.8 Å². The van der Waals surface area contributed by atoms with Crippen LogP contribution in [0, 0.1) is 5.92 Å². The summed E-state index contributed by atoms with van der Waals surface area (Å²) in [7, 11) is 0. The largest absolute Gasteiger partial charge is 0.462 e. The molecule has 0 spiro atoms. The fourth-order valence-electron chi connectivity index (χ4n) is 1.50. The lowest BCUT2D eigenvalue weighted by Crippen LogP contribution is -2.23. The Hall–Kier alpha value is -0.530. The van der Waals surface area contributed by atoms with E-state index in [4.69, 9.17) is 4.74 Å². The van der Waals surface area contributed by atoms with Crippen LogP contribution in [0.1, 0.15) is 73.6 Å². The van der Waals surface area contributed by atoms with Crippen molar-refractivity contribution in [3.63, 3.8) is 0 Å². The van der Waals surface area contributed by atoms with E-state index in [1.165, 1.54) is 0 Å².